The Bertz CT molecular complexity index is 389. The molecule has 0 atom stereocenters. The molecule has 5 heteroatoms. The highest BCUT2D eigenvalue weighted by atomic mass is 35.5. The zero-order chi connectivity index (χ0) is 10.6. The van der Waals surface area contributed by atoms with Gasteiger partial charge < -0.3 is 4.74 Å². The molecule has 0 aliphatic rings. The van der Waals surface area contributed by atoms with Gasteiger partial charge in [-0.15, -0.1) is 0 Å². The zero-order valence-corrected chi connectivity index (χ0v) is 8.14. The highest BCUT2D eigenvalue weighted by Crippen LogP contribution is 2.27. The average molecular weight is 216 g/mol. The van der Waals surface area contributed by atoms with Gasteiger partial charge in [0.15, 0.2) is 0 Å². The Morgan fingerprint density at radius 2 is 2.36 bits per heavy atom. The highest BCUT2D eigenvalue weighted by molar-refractivity contribution is 6.32. The van der Waals surface area contributed by atoms with E-state index in [1.165, 1.54) is 19.3 Å². The van der Waals surface area contributed by atoms with E-state index in [1.807, 2.05) is 0 Å². The molecule has 0 radical (unpaired) electrons. The summed E-state index contributed by atoms with van der Waals surface area (Å²) >= 11 is 5.75. The highest BCUT2D eigenvalue weighted by Gasteiger charge is 2.08. The van der Waals surface area contributed by atoms with Crippen LogP contribution in [0.5, 0.6) is 5.75 Å². The second kappa shape index (κ2) is 4.74. The summed E-state index contributed by atoms with van der Waals surface area (Å²) in [5, 5.41) is 0.282. The summed E-state index contributed by atoms with van der Waals surface area (Å²) in [5.74, 6) is -0.256. The lowest BCUT2D eigenvalue weighted by Crippen LogP contribution is -1.92. The maximum Gasteiger partial charge on any atom is 0.235 e. The van der Waals surface area contributed by atoms with Crippen LogP contribution < -0.4 is 4.74 Å². The van der Waals surface area contributed by atoms with Gasteiger partial charge in [0.25, 0.3) is 0 Å². The lowest BCUT2D eigenvalue weighted by atomic mass is 10.2. The van der Waals surface area contributed by atoms with Gasteiger partial charge in [-0.1, -0.05) is 11.6 Å². The molecule has 0 bridgehead atoms. The van der Waals surface area contributed by atoms with E-state index >= 15 is 0 Å². The molecule has 0 aliphatic carbocycles. The Morgan fingerprint density at radius 1 is 1.64 bits per heavy atom. The molecule has 0 saturated heterocycles. The minimum absolute atomic E-state index is 0.0704. The molecule has 0 spiro atoms. The van der Waals surface area contributed by atoms with Gasteiger partial charge in [0, 0.05) is 11.6 Å². The molecule has 3 nitrogen and oxygen atoms in total. The lowest BCUT2D eigenvalue weighted by molar-refractivity contribution is 0.411. The van der Waals surface area contributed by atoms with Crippen LogP contribution in [0.15, 0.2) is 17.1 Å². The smallest absolute Gasteiger partial charge is 0.235 e. The van der Waals surface area contributed by atoms with Crippen LogP contribution in [0.3, 0.4) is 0 Å². The van der Waals surface area contributed by atoms with Crippen molar-refractivity contribution in [2.45, 2.75) is 6.54 Å². The van der Waals surface area contributed by atoms with Crippen LogP contribution in [0.1, 0.15) is 5.56 Å². The van der Waals surface area contributed by atoms with E-state index in [0.717, 1.165) is 6.07 Å². The molecule has 1 rings (SSSR count). The lowest BCUT2D eigenvalue weighted by Gasteiger charge is -2.05. The van der Waals surface area contributed by atoms with Crippen LogP contribution in [0, 0.1) is 5.82 Å². The summed E-state index contributed by atoms with van der Waals surface area (Å²) in [6.07, 6.45) is 1.33. The normalized spacial score (nSPS) is 9.36. The van der Waals surface area contributed by atoms with Crippen molar-refractivity contribution in [2.75, 3.05) is 7.11 Å². The number of hydrogen-bond acceptors (Lipinski definition) is 3. The first-order chi connectivity index (χ1) is 6.69. The molecule has 0 heterocycles. The van der Waals surface area contributed by atoms with E-state index in [4.69, 9.17) is 16.3 Å². The Hall–Kier alpha value is -1.38. The molecule has 0 amide bonds. The third-order valence-corrected chi connectivity index (χ3v) is 1.93. The number of rotatable bonds is 3. The van der Waals surface area contributed by atoms with Gasteiger partial charge >= 0.3 is 0 Å². The van der Waals surface area contributed by atoms with Crippen LogP contribution in [0.2, 0.25) is 5.02 Å². The van der Waals surface area contributed by atoms with E-state index in [1.54, 1.807) is 0 Å². The van der Waals surface area contributed by atoms with Crippen LogP contribution >= 0.6 is 11.6 Å². The van der Waals surface area contributed by atoms with Gasteiger partial charge in [0.2, 0.25) is 6.08 Å². The number of hydrogen-bond donors (Lipinski definition) is 0. The summed E-state index contributed by atoms with van der Waals surface area (Å²) < 4.78 is 18.0. The summed E-state index contributed by atoms with van der Waals surface area (Å²) in [6, 6.07) is 2.52. The Morgan fingerprint density at radius 3 is 2.93 bits per heavy atom. The van der Waals surface area contributed by atoms with Crippen molar-refractivity contribution in [3.05, 3.63) is 28.5 Å². The Balaban J connectivity index is 3.08. The van der Waals surface area contributed by atoms with Crippen molar-refractivity contribution >= 4 is 17.7 Å². The van der Waals surface area contributed by atoms with Crippen molar-refractivity contribution in [2.24, 2.45) is 4.99 Å². The van der Waals surface area contributed by atoms with Crippen LogP contribution in [-0.4, -0.2) is 13.2 Å². The number of carbonyl (C=O) groups excluding carboxylic acids is 1. The van der Waals surface area contributed by atoms with E-state index in [-0.39, 0.29) is 22.9 Å². The number of aliphatic imine (C=N–C) groups is 1. The molecular weight excluding hydrogens is 209 g/mol. The number of nitrogens with zero attached hydrogens (tertiary/aromatic N) is 1. The standard InChI is InChI=1S/C9H7ClFNO2/c1-14-9-3-8(11)6(2-7(9)10)4-12-5-13/h2-3H,4H2,1H3. The molecule has 0 fully saturated rings. The van der Waals surface area contributed by atoms with Gasteiger partial charge in [0.1, 0.15) is 11.6 Å². The SMILES string of the molecule is COc1cc(F)c(CN=C=O)cc1Cl. The third kappa shape index (κ3) is 2.31. The number of halogens is 2. The molecule has 0 aromatic heterocycles. The average Bonchev–Trinajstić information content (AvgIpc) is 2.18. The Labute approximate surface area is 85.2 Å². The molecule has 1 aromatic carbocycles. The van der Waals surface area contributed by atoms with Crippen molar-refractivity contribution < 1.29 is 13.9 Å². The number of ether oxygens (including phenoxy) is 1. The topological polar surface area (TPSA) is 38.7 Å². The fourth-order valence-corrected chi connectivity index (χ4v) is 1.23. The quantitative estimate of drug-likeness (QED) is 0.573. The second-order valence-corrected chi connectivity index (χ2v) is 2.89. The number of methoxy groups -OCH3 is 1. The van der Waals surface area contributed by atoms with Gasteiger partial charge in [-0.25, -0.2) is 14.2 Å². The summed E-state index contributed by atoms with van der Waals surface area (Å²) in [4.78, 5) is 13.1. The van der Waals surface area contributed by atoms with Gasteiger partial charge in [-0.2, -0.15) is 0 Å². The summed E-state index contributed by atoms with van der Waals surface area (Å²) in [6.45, 7) is -0.0704. The monoisotopic (exact) mass is 215 g/mol. The first kappa shape index (κ1) is 10.7. The summed E-state index contributed by atoms with van der Waals surface area (Å²) in [7, 11) is 1.39. The minimum atomic E-state index is -0.509. The number of isocyanates is 1. The van der Waals surface area contributed by atoms with Crippen molar-refractivity contribution in [3.8, 4) is 5.75 Å². The fourth-order valence-electron chi connectivity index (χ4n) is 0.965. The second-order valence-electron chi connectivity index (χ2n) is 2.49. The maximum atomic E-state index is 13.2. The predicted molar refractivity (Wildman–Crippen MR) is 49.8 cm³/mol. The fraction of sp³-hybridized carbons (Fsp3) is 0.222. The number of benzene rings is 1. The van der Waals surface area contributed by atoms with E-state index in [9.17, 15) is 9.18 Å². The maximum absolute atomic E-state index is 13.2. The minimum Gasteiger partial charge on any atom is -0.495 e. The molecule has 1 aromatic rings. The van der Waals surface area contributed by atoms with Gasteiger partial charge in [-0.3, -0.25) is 0 Å². The predicted octanol–water partition coefficient (Wildman–Crippen LogP) is 2.32. The van der Waals surface area contributed by atoms with Crippen LogP contribution in [-0.2, 0) is 11.3 Å². The molecule has 0 unspecified atom stereocenters. The third-order valence-electron chi connectivity index (χ3n) is 1.63. The Kier molecular flexibility index (Phi) is 3.63. The van der Waals surface area contributed by atoms with Gasteiger partial charge in [-0.05, 0) is 6.07 Å². The molecular formula is C9H7ClFNO2. The van der Waals surface area contributed by atoms with Crippen molar-refractivity contribution in [3.63, 3.8) is 0 Å². The molecule has 14 heavy (non-hydrogen) atoms. The van der Waals surface area contributed by atoms with E-state index in [0.29, 0.717) is 0 Å². The zero-order valence-electron chi connectivity index (χ0n) is 7.38. The van der Waals surface area contributed by atoms with Gasteiger partial charge in [0.05, 0.1) is 18.7 Å². The molecule has 0 N–H and O–H groups in total. The van der Waals surface area contributed by atoms with E-state index < -0.39 is 5.82 Å². The van der Waals surface area contributed by atoms with E-state index in [2.05, 4.69) is 4.99 Å². The largest absolute Gasteiger partial charge is 0.495 e. The van der Waals surface area contributed by atoms with Crippen LogP contribution in [0.4, 0.5) is 4.39 Å². The first-order valence-electron chi connectivity index (χ1n) is 3.74. The van der Waals surface area contributed by atoms with Crippen LogP contribution in [0.25, 0.3) is 0 Å². The molecule has 0 saturated carbocycles. The molecule has 74 valence electrons. The van der Waals surface area contributed by atoms with Crippen molar-refractivity contribution in [1.82, 2.24) is 0 Å². The van der Waals surface area contributed by atoms with Crippen molar-refractivity contribution in [1.29, 1.82) is 0 Å². The summed E-state index contributed by atoms with van der Waals surface area (Å²) in [5.41, 5.74) is 0.235. The first-order valence-corrected chi connectivity index (χ1v) is 4.12. The molecule has 0 aliphatic heterocycles.